The third-order valence-corrected chi connectivity index (χ3v) is 4.31. The molecule has 0 fully saturated rings. The lowest BCUT2D eigenvalue weighted by molar-refractivity contribution is 1.04. The molecule has 19 heavy (non-hydrogen) atoms. The van der Waals surface area contributed by atoms with Gasteiger partial charge in [0.2, 0.25) is 0 Å². The Kier molecular flexibility index (Phi) is 5.05. The van der Waals surface area contributed by atoms with Crippen LogP contribution in [0.15, 0.2) is 30.3 Å². The molecule has 0 aliphatic carbocycles. The highest BCUT2D eigenvalue weighted by atomic mass is 35.5. The van der Waals surface area contributed by atoms with Crippen LogP contribution in [-0.2, 0) is 6.42 Å². The molecule has 2 rings (SSSR count). The zero-order valence-corrected chi connectivity index (χ0v) is 13.1. The molecule has 1 aromatic carbocycles. The van der Waals surface area contributed by atoms with Crippen molar-refractivity contribution < 1.29 is 0 Å². The summed E-state index contributed by atoms with van der Waals surface area (Å²) in [5, 5.41) is 3.94. The average molecular weight is 331 g/mol. The fourth-order valence-corrected chi connectivity index (χ4v) is 3.11. The highest BCUT2D eigenvalue weighted by Gasteiger charge is 2.06. The van der Waals surface area contributed by atoms with Crippen LogP contribution in [-0.4, -0.2) is 11.5 Å². The predicted octanol–water partition coefficient (Wildman–Crippen LogP) is 4.34. The first-order valence-corrected chi connectivity index (χ1v) is 7.62. The lowest BCUT2D eigenvalue weighted by Gasteiger charge is -2.11. The molecular weight excluding hydrogens is 319 g/mol. The van der Waals surface area contributed by atoms with Crippen LogP contribution in [0, 0.1) is 0 Å². The normalized spacial score (nSPS) is 10.4. The van der Waals surface area contributed by atoms with Crippen LogP contribution in [0.3, 0.4) is 0 Å². The monoisotopic (exact) mass is 330 g/mol. The standard InChI is InChI=1S/C13H12Cl2N2S2/c14-8-1-3-11(10(7-8)13(16)18)17-6-5-9-2-4-12(15)19-9/h1-4,7,17H,5-6H2,(H2,16,18). The van der Waals surface area contributed by atoms with Gasteiger partial charge in [0.25, 0.3) is 0 Å². The van der Waals surface area contributed by atoms with Gasteiger partial charge in [0, 0.05) is 27.7 Å². The van der Waals surface area contributed by atoms with Gasteiger partial charge in [0.05, 0.1) is 4.34 Å². The minimum atomic E-state index is 0.337. The van der Waals surface area contributed by atoms with Crippen molar-refractivity contribution >= 4 is 57.4 Å². The van der Waals surface area contributed by atoms with Crippen molar-refractivity contribution in [1.82, 2.24) is 0 Å². The largest absolute Gasteiger partial charge is 0.389 e. The van der Waals surface area contributed by atoms with Crippen LogP contribution in [0.4, 0.5) is 5.69 Å². The maximum absolute atomic E-state index is 5.94. The van der Waals surface area contributed by atoms with E-state index >= 15 is 0 Å². The second-order valence-electron chi connectivity index (χ2n) is 3.94. The van der Waals surface area contributed by atoms with Crippen molar-refractivity contribution in [2.24, 2.45) is 5.73 Å². The van der Waals surface area contributed by atoms with Crippen LogP contribution in [0.1, 0.15) is 10.4 Å². The van der Waals surface area contributed by atoms with E-state index in [1.807, 2.05) is 24.3 Å². The Balaban J connectivity index is 2.01. The molecule has 0 amide bonds. The van der Waals surface area contributed by atoms with Gasteiger partial charge in [0.1, 0.15) is 4.99 Å². The van der Waals surface area contributed by atoms with Gasteiger partial charge in [-0.05, 0) is 36.8 Å². The topological polar surface area (TPSA) is 38.0 Å². The van der Waals surface area contributed by atoms with Crippen LogP contribution in [0.2, 0.25) is 9.36 Å². The zero-order valence-electron chi connectivity index (χ0n) is 9.95. The van der Waals surface area contributed by atoms with Crippen molar-refractivity contribution in [3.05, 3.63) is 50.1 Å². The summed E-state index contributed by atoms with van der Waals surface area (Å²) in [6.45, 7) is 0.786. The number of nitrogens with one attached hydrogen (secondary N) is 1. The molecule has 0 saturated carbocycles. The molecule has 1 heterocycles. The quantitative estimate of drug-likeness (QED) is 0.800. The van der Waals surface area contributed by atoms with Gasteiger partial charge in [-0.25, -0.2) is 0 Å². The van der Waals surface area contributed by atoms with E-state index in [9.17, 15) is 0 Å². The Morgan fingerprint density at radius 1 is 1.26 bits per heavy atom. The van der Waals surface area contributed by atoms with Crippen LogP contribution in [0.5, 0.6) is 0 Å². The van der Waals surface area contributed by atoms with E-state index in [0.29, 0.717) is 10.0 Å². The van der Waals surface area contributed by atoms with Crippen LogP contribution in [0.25, 0.3) is 0 Å². The van der Waals surface area contributed by atoms with Gasteiger partial charge in [0.15, 0.2) is 0 Å². The van der Waals surface area contributed by atoms with E-state index in [4.69, 9.17) is 41.2 Å². The molecule has 2 aromatic rings. The van der Waals surface area contributed by atoms with Gasteiger partial charge < -0.3 is 11.1 Å². The molecule has 0 unspecified atom stereocenters. The highest BCUT2D eigenvalue weighted by molar-refractivity contribution is 7.80. The highest BCUT2D eigenvalue weighted by Crippen LogP contribution is 2.23. The molecule has 100 valence electrons. The third kappa shape index (κ3) is 4.08. The number of hydrogen-bond acceptors (Lipinski definition) is 3. The maximum atomic E-state index is 5.94. The second kappa shape index (κ2) is 6.57. The molecule has 6 heteroatoms. The first-order chi connectivity index (χ1) is 9.06. The Morgan fingerprint density at radius 3 is 2.68 bits per heavy atom. The van der Waals surface area contributed by atoms with E-state index in [1.54, 1.807) is 17.4 Å². The molecule has 3 N–H and O–H groups in total. The SMILES string of the molecule is NC(=S)c1cc(Cl)ccc1NCCc1ccc(Cl)s1. The Bertz CT molecular complexity index is 596. The first kappa shape index (κ1) is 14.6. The maximum Gasteiger partial charge on any atom is 0.106 e. The lowest BCUT2D eigenvalue weighted by Crippen LogP contribution is -2.14. The summed E-state index contributed by atoms with van der Waals surface area (Å²) >= 11 is 18.4. The van der Waals surface area contributed by atoms with E-state index in [0.717, 1.165) is 28.6 Å². The van der Waals surface area contributed by atoms with Crippen molar-refractivity contribution in [3.63, 3.8) is 0 Å². The number of rotatable bonds is 5. The minimum Gasteiger partial charge on any atom is -0.389 e. The molecule has 1 aromatic heterocycles. The molecule has 0 spiro atoms. The van der Waals surface area contributed by atoms with Crippen molar-refractivity contribution in [3.8, 4) is 0 Å². The number of anilines is 1. The fourth-order valence-electron chi connectivity index (χ4n) is 1.68. The van der Waals surface area contributed by atoms with E-state index in [1.165, 1.54) is 4.88 Å². The van der Waals surface area contributed by atoms with Crippen molar-refractivity contribution in [1.29, 1.82) is 0 Å². The predicted molar refractivity (Wildman–Crippen MR) is 88.9 cm³/mol. The number of hydrogen-bond donors (Lipinski definition) is 2. The van der Waals surface area contributed by atoms with Crippen LogP contribution < -0.4 is 11.1 Å². The van der Waals surface area contributed by atoms with Crippen molar-refractivity contribution in [2.75, 3.05) is 11.9 Å². The van der Waals surface area contributed by atoms with E-state index in [2.05, 4.69) is 5.32 Å². The lowest BCUT2D eigenvalue weighted by atomic mass is 10.1. The molecule has 0 bridgehead atoms. The van der Waals surface area contributed by atoms with E-state index in [-0.39, 0.29) is 0 Å². The number of thiophene rings is 1. The summed E-state index contributed by atoms with van der Waals surface area (Å²) in [4.78, 5) is 1.58. The molecule has 0 aliphatic rings. The Hall–Kier alpha value is -0.810. The summed E-state index contributed by atoms with van der Waals surface area (Å²) in [6, 6.07) is 9.41. The molecule has 0 aliphatic heterocycles. The summed E-state index contributed by atoms with van der Waals surface area (Å²) in [5.74, 6) is 0. The molecule has 2 nitrogen and oxygen atoms in total. The molecular formula is C13H12Cl2N2S2. The van der Waals surface area contributed by atoms with Gasteiger partial charge >= 0.3 is 0 Å². The fraction of sp³-hybridized carbons (Fsp3) is 0.154. The van der Waals surface area contributed by atoms with Crippen LogP contribution >= 0.6 is 46.8 Å². The summed E-state index contributed by atoms with van der Waals surface area (Å²) in [5.41, 5.74) is 7.36. The minimum absolute atomic E-state index is 0.337. The van der Waals surface area contributed by atoms with Gasteiger partial charge in [-0.3, -0.25) is 0 Å². The zero-order chi connectivity index (χ0) is 13.8. The molecule has 0 radical (unpaired) electrons. The molecule has 0 saturated heterocycles. The number of nitrogens with two attached hydrogens (primary N) is 1. The smallest absolute Gasteiger partial charge is 0.106 e. The Morgan fingerprint density at radius 2 is 2.05 bits per heavy atom. The number of thiocarbonyl (C=S) groups is 1. The van der Waals surface area contributed by atoms with Crippen molar-refractivity contribution in [2.45, 2.75) is 6.42 Å². The summed E-state index contributed by atoms with van der Waals surface area (Å²) < 4.78 is 0.810. The van der Waals surface area contributed by atoms with Gasteiger partial charge in [-0.2, -0.15) is 0 Å². The van der Waals surface area contributed by atoms with Gasteiger partial charge in [-0.1, -0.05) is 35.4 Å². The summed E-state index contributed by atoms with van der Waals surface area (Å²) in [7, 11) is 0. The number of halogens is 2. The summed E-state index contributed by atoms with van der Waals surface area (Å²) in [6.07, 6.45) is 0.900. The Labute approximate surface area is 131 Å². The third-order valence-electron chi connectivity index (χ3n) is 2.56. The van der Waals surface area contributed by atoms with Gasteiger partial charge in [-0.15, -0.1) is 11.3 Å². The first-order valence-electron chi connectivity index (χ1n) is 5.63. The van der Waals surface area contributed by atoms with E-state index < -0.39 is 0 Å². The second-order valence-corrected chi connectivity index (χ2v) is 6.61. The molecule has 0 atom stereocenters. The average Bonchev–Trinajstić information content (AvgIpc) is 2.77. The number of benzene rings is 1.